The molecule has 0 unspecified atom stereocenters. The Morgan fingerprint density at radius 3 is 2.07 bits per heavy atom. The fourth-order valence-corrected chi connectivity index (χ4v) is 3.40. The van der Waals surface area contributed by atoms with Crippen molar-refractivity contribution >= 4 is 23.2 Å². The smallest absolute Gasteiger partial charge is 0.234 e. The highest BCUT2D eigenvalue weighted by Crippen LogP contribution is 2.23. The van der Waals surface area contributed by atoms with E-state index in [0.717, 1.165) is 22.4 Å². The molecular formula is C25H22N2O3. The predicted octanol–water partition coefficient (Wildman–Crippen LogP) is 4.95. The van der Waals surface area contributed by atoms with Crippen LogP contribution in [0.1, 0.15) is 30.9 Å². The van der Waals surface area contributed by atoms with Crippen molar-refractivity contribution in [2.45, 2.75) is 26.4 Å². The van der Waals surface area contributed by atoms with Crippen LogP contribution in [0, 0.1) is 0 Å². The quantitative estimate of drug-likeness (QED) is 0.335. The van der Waals surface area contributed by atoms with Gasteiger partial charge in [0.1, 0.15) is 6.61 Å². The van der Waals surface area contributed by atoms with Gasteiger partial charge in [-0.15, -0.1) is 0 Å². The number of imide groups is 1. The fraction of sp³-hybridized carbons (Fsp3) is 0.160. The highest BCUT2D eigenvalue weighted by Gasteiger charge is 2.30. The van der Waals surface area contributed by atoms with Crippen molar-refractivity contribution < 1.29 is 14.4 Å². The highest BCUT2D eigenvalue weighted by atomic mass is 16.6. The molecule has 1 heterocycles. The Kier molecular flexibility index (Phi) is 5.70. The van der Waals surface area contributed by atoms with Gasteiger partial charge in [0.15, 0.2) is 0 Å². The first-order chi connectivity index (χ1) is 14.6. The summed E-state index contributed by atoms with van der Waals surface area (Å²) in [6.45, 7) is 2.24. The van der Waals surface area contributed by atoms with Crippen molar-refractivity contribution in [1.29, 1.82) is 0 Å². The highest BCUT2D eigenvalue weighted by molar-refractivity contribution is 6.19. The zero-order valence-corrected chi connectivity index (χ0v) is 16.7. The molecule has 3 aromatic carbocycles. The van der Waals surface area contributed by atoms with Gasteiger partial charge in [0.05, 0.1) is 11.4 Å². The molecule has 2 amide bonds. The third-order valence-corrected chi connectivity index (χ3v) is 5.09. The molecule has 0 radical (unpaired) electrons. The topological polar surface area (TPSA) is 59.0 Å². The lowest BCUT2D eigenvalue weighted by molar-refractivity contribution is -0.121. The van der Waals surface area contributed by atoms with Crippen LogP contribution in [0.2, 0.25) is 0 Å². The van der Waals surface area contributed by atoms with E-state index >= 15 is 0 Å². The zero-order chi connectivity index (χ0) is 20.9. The summed E-state index contributed by atoms with van der Waals surface area (Å²) in [5.41, 5.74) is 5.57. The molecule has 5 heteroatoms. The lowest BCUT2D eigenvalue weighted by Crippen LogP contribution is -2.28. The van der Waals surface area contributed by atoms with Gasteiger partial charge < -0.3 is 4.84 Å². The number of hydrogen-bond acceptors (Lipinski definition) is 4. The minimum Gasteiger partial charge on any atom is -0.391 e. The summed E-state index contributed by atoms with van der Waals surface area (Å²) in [6.07, 6.45) is 0.558. The molecule has 1 aliphatic heterocycles. The van der Waals surface area contributed by atoms with Crippen LogP contribution in [0.15, 0.2) is 84.0 Å². The lowest BCUT2D eigenvalue weighted by Gasteiger charge is -2.14. The molecule has 30 heavy (non-hydrogen) atoms. The number of benzene rings is 3. The van der Waals surface area contributed by atoms with Crippen LogP contribution in [-0.2, 0) is 21.0 Å². The molecule has 0 N–H and O–H groups in total. The van der Waals surface area contributed by atoms with Gasteiger partial charge in [0.2, 0.25) is 11.8 Å². The van der Waals surface area contributed by atoms with Crippen molar-refractivity contribution in [3.05, 3.63) is 90.0 Å². The van der Waals surface area contributed by atoms with Crippen LogP contribution in [0.4, 0.5) is 5.69 Å². The van der Waals surface area contributed by atoms with Crippen LogP contribution in [0.3, 0.4) is 0 Å². The average molecular weight is 398 g/mol. The fourth-order valence-electron chi connectivity index (χ4n) is 3.40. The Hall–Kier alpha value is -3.73. The van der Waals surface area contributed by atoms with E-state index in [4.69, 9.17) is 4.84 Å². The number of hydrogen-bond donors (Lipinski definition) is 0. The summed E-state index contributed by atoms with van der Waals surface area (Å²) < 4.78 is 0. The Morgan fingerprint density at radius 1 is 0.833 bits per heavy atom. The maximum atomic E-state index is 11.8. The first-order valence-electron chi connectivity index (χ1n) is 9.89. The third-order valence-electron chi connectivity index (χ3n) is 5.09. The summed E-state index contributed by atoms with van der Waals surface area (Å²) in [6, 6.07) is 25.6. The summed E-state index contributed by atoms with van der Waals surface area (Å²) in [5, 5.41) is 4.20. The standard InChI is InChI=1S/C25H22N2O3/c1-18(20-11-13-23(14-12-20)27-24(28)15-16-25(27)29)26-30-17-19-7-9-22(10-8-19)21-5-3-2-4-6-21/h2-14H,15-17H2,1H3/b26-18+. The first-order valence-corrected chi connectivity index (χ1v) is 9.89. The number of oxime groups is 1. The van der Waals surface area contributed by atoms with E-state index in [1.54, 1.807) is 12.1 Å². The summed E-state index contributed by atoms with van der Waals surface area (Å²) >= 11 is 0. The normalized spacial score (nSPS) is 14.3. The van der Waals surface area contributed by atoms with E-state index in [2.05, 4.69) is 29.4 Å². The molecule has 0 saturated carbocycles. The van der Waals surface area contributed by atoms with Gasteiger partial charge in [-0.05, 0) is 41.3 Å². The largest absolute Gasteiger partial charge is 0.391 e. The molecule has 4 rings (SSSR count). The van der Waals surface area contributed by atoms with Gasteiger partial charge in [-0.2, -0.15) is 0 Å². The molecular weight excluding hydrogens is 376 g/mol. The minimum atomic E-state index is -0.153. The molecule has 0 atom stereocenters. The average Bonchev–Trinajstić information content (AvgIpc) is 3.13. The molecule has 150 valence electrons. The molecule has 0 aliphatic carbocycles. The van der Waals surface area contributed by atoms with Gasteiger partial charge in [0, 0.05) is 12.8 Å². The SMILES string of the molecule is C/C(=N\OCc1ccc(-c2ccccc2)cc1)c1ccc(N2C(=O)CCC2=O)cc1. The molecule has 5 nitrogen and oxygen atoms in total. The Labute approximate surface area is 175 Å². The van der Waals surface area contributed by atoms with Gasteiger partial charge in [-0.3, -0.25) is 14.5 Å². The van der Waals surface area contributed by atoms with Crippen molar-refractivity contribution in [3.63, 3.8) is 0 Å². The van der Waals surface area contributed by atoms with Crippen LogP contribution in [0.25, 0.3) is 11.1 Å². The number of nitrogens with zero attached hydrogens (tertiary/aromatic N) is 2. The Balaban J connectivity index is 1.36. The van der Waals surface area contributed by atoms with Gasteiger partial charge >= 0.3 is 0 Å². The summed E-state index contributed by atoms with van der Waals surface area (Å²) in [4.78, 5) is 30.4. The molecule has 1 fully saturated rings. The van der Waals surface area contributed by atoms with E-state index in [1.165, 1.54) is 10.5 Å². The number of anilines is 1. The van der Waals surface area contributed by atoms with Crippen molar-refractivity contribution in [1.82, 2.24) is 0 Å². The van der Waals surface area contributed by atoms with Crippen molar-refractivity contribution in [2.24, 2.45) is 5.16 Å². The molecule has 0 spiro atoms. The maximum Gasteiger partial charge on any atom is 0.234 e. The number of rotatable bonds is 6. The first kappa shape index (κ1) is 19.6. The lowest BCUT2D eigenvalue weighted by atomic mass is 10.0. The second kappa shape index (κ2) is 8.74. The number of amides is 2. The summed E-state index contributed by atoms with van der Waals surface area (Å²) in [5.74, 6) is -0.306. The van der Waals surface area contributed by atoms with E-state index < -0.39 is 0 Å². The second-order valence-corrected chi connectivity index (χ2v) is 7.18. The summed E-state index contributed by atoms with van der Waals surface area (Å²) in [7, 11) is 0. The number of carbonyl (C=O) groups is 2. The number of carbonyl (C=O) groups excluding carboxylic acids is 2. The van der Waals surface area contributed by atoms with Crippen LogP contribution >= 0.6 is 0 Å². The van der Waals surface area contributed by atoms with Crippen LogP contribution < -0.4 is 4.90 Å². The molecule has 0 bridgehead atoms. The zero-order valence-electron chi connectivity index (χ0n) is 16.7. The van der Waals surface area contributed by atoms with Crippen molar-refractivity contribution in [3.8, 4) is 11.1 Å². The van der Waals surface area contributed by atoms with Crippen molar-refractivity contribution in [2.75, 3.05) is 4.90 Å². The van der Waals surface area contributed by atoms with Crippen LogP contribution in [0.5, 0.6) is 0 Å². The minimum absolute atomic E-state index is 0.153. The van der Waals surface area contributed by atoms with E-state index in [-0.39, 0.29) is 24.7 Å². The van der Waals surface area contributed by atoms with E-state index in [1.807, 2.05) is 49.4 Å². The monoisotopic (exact) mass is 398 g/mol. The Bertz CT molecular complexity index is 1060. The molecule has 0 aromatic heterocycles. The molecule has 1 saturated heterocycles. The van der Waals surface area contributed by atoms with Crippen LogP contribution in [-0.4, -0.2) is 17.5 Å². The second-order valence-electron chi connectivity index (χ2n) is 7.18. The molecule has 1 aliphatic rings. The predicted molar refractivity (Wildman–Crippen MR) is 117 cm³/mol. The third kappa shape index (κ3) is 4.30. The Morgan fingerprint density at radius 2 is 1.43 bits per heavy atom. The van der Waals surface area contributed by atoms with E-state index in [0.29, 0.717) is 12.3 Å². The molecule has 3 aromatic rings. The van der Waals surface area contributed by atoms with Gasteiger partial charge in [-0.25, -0.2) is 0 Å². The van der Waals surface area contributed by atoms with Gasteiger partial charge in [-0.1, -0.05) is 71.9 Å². The maximum absolute atomic E-state index is 11.8. The van der Waals surface area contributed by atoms with E-state index in [9.17, 15) is 9.59 Å². The van der Waals surface area contributed by atoms with Gasteiger partial charge in [0.25, 0.3) is 0 Å².